The number of aromatic nitrogens is 1. The molecule has 0 fully saturated rings. The van der Waals surface area contributed by atoms with Crippen molar-refractivity contribution in [1.82, 2.24) is 4.98 Å². The van der Waals surface area contributed by atoms with E-state index in [-0.39, 0.29) is 22.5 Å². The van der Waals surface area contributed by atoms with Crippen LogP contribution in [0.15, 0.2) is 54.6 Å². The van der Waals surface area contributed by atoms with E-state index in [1.165, 1.54) is 0 Å². The number of hydrogen-bond donors (Lipinski definition) is 4. The molecule has 0 saturated carbocycles. The normalized spacial score (nSPS) is 11.6. The Hall–Kier alpha value is -3.55. The summed E-state index contributed by atoms with van der Waals surface area (Å²) in [5.41, 5.74) is 21.5. The second-order valence-electron chi connectivity index (χ2n) is 7.85. The number of pyridine rings is 1. The van der Waals surface area contributed by atoms with Gasteiger partial charge >= 0.3 is 160 Å². The number of primary amides is 1. The predicted molar refractivity (Wildman–Crippen MR) is 130 cm³/mol. The summed E-state index contributed by atoms with van der Waals surface area (Å²) in [6, 6.07) is 15.1. The molecule has 1 unspecified atom stereocenters. The Morgan fingerprint density at radius 2 is 1.76 bits per heavy atom. The van der Waals surface area contributed by atoms with Crippen molar-refractivity contribution in [3.8, 4) is 11.1 Å². The molecule has 34 heavy (non-hydrogen) atoms. The summed E-state index contributed by atoms with van der Waals surface area (Å²) in [7, 11) is 0. The van der Waals surface area contributed by atoms with Crippen molar-refractivity contribution >= 4 is 37.8 Å². The molecule has 10 heteroatoms. The van der Waals surface area contributed by atoms with Gasteiger partial charge in [0, 0.05) is 0 Å². The average Bonchev–Trinajstić information content (AvgIpc) is 2.79. The minimum atomic E-state index is -3.25. The third-order valence-corrected chi connectivity index (χ3v) is 6.81. The number of carbonyl (C=O) groups is 2. The van der Waals surface area contributed by atoms with Crippen LogP contribution in [0.4, 0.5) is 11.5 Å². The molecule has 0 aliphatic rings. The topological polar surface area (TPSA) is 171 Å². The maximum absolute atomic E-state index is 12.6. The van der Waals surface area contributed by atoms with E-state index in [1.54, 1.807) is 36.4 Å². The fourth-order valence-electron chi connectivity index (χ4n) is 3.64. The van der Waals surface area contributed by atoms with Crippen LogP contribution in [-0.2, 0) is 18.7 Å². The molecular weight excluding hydrogens is 497 g/mol. The number of benzene rings is 2. The van der Waals surface area contributed by atoms with Crippen molar-refractivity contribution in [2.45, 2.75) is 31.0 Å². The zero-order valence-electron chi connectivity index (χ0n) is 18.7. The van der Waals surface area contributed by atoms with Gasteiger partial charge in [-0.1, -0.05) is 30.3 Å². The quantitative estimate of drug-likeness (QED) is 0.312. The molecule has 0 radical (unpaired) electrons. The van der Waals surface area contributed by atoms with Crippen LogP contribution in [0.3, 0.4) is 0 Å². The molecule has 2 aromatic carbocycles. The van der Waals surface area contributed by atoms with E-state index in [2.05, 4.69) is 10.3 Å². The molecule has 7 N–H and O–H groups in total. The van der Waals surface area contributed by atoms with Gasteiger partial charge in [-0.3, -0.25) is 0 Å². The fraction of sp³-hybridized carbons (Fsp3) is 0.208. The summed E-state index contributed by atoms with van der Waals surface area (Å²) in [6.07, 6.45) is 0.769. The summed E-state index contributed by atoms with van der Waals surface area (Å²) in [5, 5.41) is 2.92. The van der Waals surface area contributed by atoms with Crippen LogP contribution in [0.2, 0.25) is 5.21 Å². The minimum absolute atomic E-state index is 0.00124. The van der Waals surface area contributed by atoms with Crippen LogP contribution in [0.25, 0.3) is 11.1 Å². The molecule has 9 nitrogen and oxygen atoms in total. The first-order valence-corrected chi connectivity index (χ1v) is 13.5. The average molecular weight is 523 g/mol. The summed E-state index contributed by atoms with van der Waals surface area (Å²) in [4.78, 5) is 28.8. The number of nitrogens with one attached hydrogen (secondary N) is 1. The van der Waals surface area contributed by atoms with Crippen LogP contribution in [0, 0.1) is 6.92 Å². The first-order valence-electron chi connectivity index (χ1n) is 10.6. The Morgan fingerprint density at radius 1 is 1.06 bits per heavy atom. The second kappa shape index (κ2) is 11.0. The van der Waals surface area contributed by atoms with E-state index in [1.807, 2.05) is 25.1 Å². The molecule has 0 aliphatic carbocycles. The Labute approximate surface area is 201 Å². The molecule has 0 aliphatic heterocycles. The van der Waals surface area contributed by atoms with Gasteiger partial charge in [-0.25, -0.2) is 0 Å². The monoisotopic (exact) mass is 523 g/mol. The number of nitrogen functional groups attached to an aromatic ring is 1. The molecule has 0 saturated heterocycles. The van der Waals surface area contributed by atoms with Crippen LogP contribution in [0.1, 0.15) is 39.6 Å². The number of nitrogens with two attached hydrogens (primary N) is 3. The molecule has 2 amide bonds. The van der Waals surface area contributed by atoms with E-state index < -0.39 is 26.5 Å². The SMILES string of the molecule is Cc1cc(NC(=O)C(N)c2ccccc2)ccc1-c1cc(C(N)=O)c(N)nc1CCC[As](=O)=O. The summed E-state index contributed by atoms with van der Waals surface area (Å²) in [6.45, 7) is 1.85. The van der Waals surface area contributed by atoms with Gasteiger partial charge in [0.2, 0.25) is 0 Å². The molecule has 176 valence electrons. The van der Waals surface area contributed by atoms with Crippen LogP contribution >= 0.6 is 0 Å². The zero-order chi connectivity index (χ0) is 24.8. The van der Waals surface area contributed by atoms with E-state index >= 15 is 0 Å². The van der Waals surface area contributed by atoms with Gasteiger partial charge in [0.15, 0.2) is 0 Å². The fourth-order valence-corrected chi connectivity index (χ4v) is 4.51. The first-order chi connectivity index (χ1) is 16.2. The van der Waals surface area contributed by atoms with E-state index in [9.17, 15) is 17.1 Å². The van der Waals surface area contributed by atoms with Crippen LogP contribution < -0.4 is 22.5 Å². The number of hydrogen-bond acceptors (Lipinski definition) is 7. The number of carbonyl (C=O) groups excluding carboxylic acids is 2. The van der Waals surface area contributed by atoms with Gasteiger partial charge in [0.05, 0.1) is 0 Å². The van der Waals surface area contributed by atoms with Crippen molar-refractivity contribution in [3.05, 3.63) is 77.0 Å². The standard InChI is InChI=1S/C24H26AsN5O4/c1-14-12-16(29-24(32)21(26)15-6-3-2-4-7-15)9-10-17(14)18-13-19(23(28)31)22(27)30-20(18)8-5-11-25(33)34/h2-4,6-7,9-10,12-13,21H,5,8,11,26H2,1H3,(H2,27,30)(H2,28,31)(H,29,32). The molecule has 0 spiro atoms. The van der Waals surface area contributed by atoms with E-state index in [0.29, 0.717) is 35.3 Å². The van der Waals surface area contributed by atoms with Crippen molar-refractivity contribution < 1.29 is 17.1 Å². The number of aryl methyl sites for hydroxylation is 2. The van der Waals surface area contributed by atoms with Crippen molar-refractivity contribution in [2.24, 2.45) is 11.5 Å². The molecule has 3 aromatic rings. The maximum atomic E-state index is 12.6. The van der Waals surface area contributed by atoms with Gasteiger partial charge < -0.3 is 5.73 Å². The van der Waals surface area contributed by atoms with Gasteiger partial charge in [-0.2, -0.15) is 0 Å². The van der Waals surface area contributed by atoms with Gasteiger partial charge in [0.25, 0.3) is 0 Å². The third-order valence-electron chi connectivity index (χ3n) is 5.38. The van der Waals surface area contributed by atoms with Crippen molar-refractivity contribution in [1.29, 1.82) is 0 Å². The second-order valence-corrected chi connectivity index (χ2v) is 10.2. The molecule has 1 atom stereocenters. The summed E-state index contributed by atoms with van der Waals surface area (Å²) < 4.78 is 22.1. The molecular formula is C24H26AsN5O4. The van der Waals surface area contributed by atoms with Crippen molar-refractivity contribution in [2.75, 3.05) is 11.1 Å². The number of anilines is 2. The number of nitrogens with zero attached hydrogens (tertiary/aromatic N) is 1. The third kappa shape index (κ3) is 6.06. The predicted octanol–water partition coefficient (Wildman–Crippen LogP) is 2.66. The summed E-state index contributed by atoms with van der Waals surface area (Å²) in [5.74, 6) is -1.05. The Bertz CT molecular complexity index is 1280. The molecule has 1 aromatic heterocycles. The van der Waals surface area contributed by atoms with Gasteiger partial charge in [-0.15, -0.1) is 0 Å². The van der Waals surface area contributed by atoms with E-state index in [4.69, 9.17) is 17.2 Å². The Balaban J connectivity index is 1.91. The van der Waals surface area contributed by atoms with Gasteiger partial charge in [-0.05, 0) is 5.56 Å². The van der Waals surface area contributed by atoms with Crippen LogP contribution in [-0.4, -0.2) is 31.3 Å². The Kier molecular flexibility index (Phi) is 8.15. The Morgan fingerprint density at radius 3 is 2.38 bits per heavy atom. The number of amides is 2. The molecule has 0 bridgehead atoms. The van der Waals surface area contributed by atoms with Gasteiger partial charge in [0.1, 0.15) is 0 Å². The van der Waals surface area contributed by atoms with Crippen molar-refractivity contribution in [3.63, 3.8) is 0 Å². The summed E-state index contributed by atoms with van der Waals surface area (Å²) >= 11 is -3.25. The number of rotatable bonds is 9. The first kappa shape index (κ1) is 25.1. The molecule has 1 heterocycles. The van der Waals surface area contributed by atoms with E-state index in [0.717, 1.165) is 11.1 Å². The molecule has 3 rings (SSSR count). The zero-order valence-corrected chi connectivity index (χ0v) is 20.5. The van der Waals surface area contributed by atoms with Crippen LogP contribution in [0.5, 0.6) is 0 Å².